The molecule has 1 heterocycles. The summed E-state index contributed by atoms with van der Waals surface area (Å²) in [5.41, 5.74) is 5.97. The highest BCUT2D eigenvalue weighted by Crippen LogP contribution is 2.22. The van der Waals surface area contributed by atoms with E-state index in [1.54, 1.807) is 48.7 Å². The van der Waals surface area contributed by atoms with Crippen LogP contribution in [0.15, 0.2) is 93.4 Å². The maximum absolute atomic E-state index is 12.5. The van der Waals surface area contributed by atoms with Gasteiger partial charge in [0.2, 0.25) is 0 Å². The molecule has 0 radical (unpaired) electrons. The van der Waals surface area contributed by atoms with E-state index in [0.29, 0.717) is 27.8 Å². The minimum absolute atomic E-state index is 0.0329. The van der Waals surface area contributed by atoms with Crippen molar-refractivity contribution in [3.63, 3.8) is 0 Å². The van der Waals surface area contributed by atoms with Crippen LogP contribution in [0.3, 0.4) is 0 Å². The van der Waals surface area contributed by atoms with Gasteiger partial charge >= 0.3 is 0 Å². The van der Waals surface area contributed by atoms with E-state index in [2.05, 4.69) is 31.3 Å². The van der Waals surface area contributed by atoms with Crippen LogP contribution in [0.5, 0.6) is 5.75 Å². The Labute approximate surface area is 197 Å². The average Bonchev–Trinajstić information content (AvgIpc) is 2.84. The van der Waals surface area contributed by atoms with Gasteiger partial charge in [0, 0.05) is 5.56 Å². The second kappa shape index (κ2) is 9.75. The van der Waals surface area contributed by atoms with Gasteiger partial charge in [0.25, 0.3) is 5.91 Å². The molecule has 3 aromatic carbocycles. The topological polar surface area (TPSA) is 80.9 Å². The minimum atomic E-state index is -0.272. The Morgan fingerprint density at radius 1 is 1.00 bits per heavy atom. The van der Waals surface area contributed by atoms with Crippen LogP contribution in [0.2, 0.25) is 0 Å². The number of carbonyl (C=O) groups excluding carboxylic acids is 1. The molecule has 0 aliphatic heterocycles. The molecule has 0 spiro atoms. The minimum Gasteiger partial charge on any atom is -0.489 e. The summed E-state index contributed by atoms with van der Waals surface area (Å²) in [7, 11) is 0. The molecule has 6 nitrogen and oxygen atoms in total. The Balaban J connectivity index is 1.32. The standard InChI is InChI=1S/C28H26N2O4/c1-28(2,3)22-12-10-20(11-13-22)27(32)30-29-16-19-8-14-23(15-9-19)33-17-21-18-34-25-7-5-4-6-24(25)26(21)31/h4-16,18H,17H2,1-3H3,(H,30,32)/b29-16+. The number of hydrogen-bond donors (Lipinski definition) is 1. The van der Waals surface area contributed by atoms with Crippen molar-refractivity contribution in [1.82, 2.24) is 5.43 Å². The van der Waals surface area contributed by atoms with E-state index in [-0.39, 0.29) is 23.4 Å². The van der Waals surface area contributed by atoms with Crippen LogP contribution in [-0.2, 0) is 12.0 Å². The van der Waals surface area contributed by atoms with Crippen molar-refractivity contribution in [3.8, 4) is 5.75 Å². The second-order valence-electron chi connectivity index (χ2n) is 8.97. The predicted octanol–water partition coefficient (Wildman–Crippen LogP) is 5.43. The van der Waals surface area contributed by atoms with Gasteiger partial charge in [-0.2, -0.15) is 5.10 Å². The van der Waals surface area contributed by atoms with Crippen LogP contribution < -0.4 is 15.6 Å². The molecule has 0 aliphatic rings. The van der Waals surface area contributed by atoms with Crippen molar-refractivity contribution in [2.75, 3.05) is 0 Å². The first-order valence-electron chi connectivity index (χ1n) is 11.0. The Bertz CT molecular complexity index is 1380. The molecule has 1 amide bonds. The fourth-order valence-electron chi connectivity index (χ4n) is 3.38. The summed E-state index contributed by atoms with van der Waals surface area (Å²) >= 11 is 0. The van der Waals surface area contributed by atoms with E-state index in [1.165, 1.54) is 6.26 Å². The number of nitrogens with zero attached hydrogens (tertiary/aromatic N) is 1. The lowest BCUT2D eigenvalue weighted by atomic mass is 9.87. The Kier molecular flexibility index (Phi) is 6.59. The molecule has 0 atom stereocenters. The molecular formula is C28H26N2O4. The van der Waals surface area contributed by atoms with Gasteiger partial charge in [-0.3, -0.25) is 9.59 Å². The second-order valence-corrected chi connectivity index (χ2v) is 8.97. The molecule has 1 aromatic heterocycles. The first kappa shape index (κ1) is 23.0. The van der Waals surface area contributed by atoms with Crippen molar-refractivity contribution in [1.29, 1.82) is 0 Å². The Hall–Kier alpha value is -4.19. The fraction of sp³-hybridized carbons (Fsp3) is 0.179. The summed E-state index contributed by atoms with van der Waals surface area (Å²) in [5, 5.41) is 4.56. The molecule has 4 rings (SSSR count). The largest absolute Gasteiger partial charge is 0.489 e. The zero-order valence-corrected chi connectivity index (χ0v) is 19.4. The van der Waals surface area contributed by atoms with Crippen LogP contribution >= 0.6 is 0 Å². The van der Waals surface area contributed by atoms with Crippen LogP contribution in [-0.4, -0.2) is 12.1 Å². The third kappa shape index (κ3) is 5.41. The summed E-state index contributed by atoms with van der Waals surface area (Å²) in [5.74, 6) is 0.332. The summed E-state index contributed by atoms with van der Waals surface area (Å²) in [6, 6.07) is 21.8. The number of benzene rings is 3. The van der Waals surface area contributed by atoms with Gasteiger partial charge in [0.05, 0.1) is 17.2 Å². The first-order chi connectivity index (χ1) is 16.3. The van der Waals surface area contributed by atoms with Gasteiger partial charge < -0.3 is 9.15 Å². The molecule has 0 unspecified atom stereocenters. The maximum Gasteiger partial charge on any atom is 0.271 e. The van der Waals surface area contributed by atoms with E-state index in [1.807, 2.05) is 30.3 Å². The van der Waals surface area contributed by atoms with E-state index < -0.39 is 0 Å². The molecule has 34 heavy (non-hydrogen) atoms. The smallest absolute Gasteiger partial charge is 0.271 e. The molecule has 4 aromatic rings. The number of para-hydroxylation sites is 1. The lowest BCUT2D eigenvalue weighted by molar-refractivity contribution is 0.0955. The van der Waals surface area contributed by atoms with Crippen molar-refractivity contribution in [3.05, 3.63) is 112 Å². The van der Waals surface area contributed by atoms with Gasteiger partial charge in [-0.15, -0.1) is 0 Å². The van der Waals surface area contributed by atoms with Crippen LogP contribution in [0.25, 0.3) is 11.0 Å². The van der Waals surface area contributed by atoms with E-state index in [4.69, 9.17) is 9.15 Å². The van der Waals surface area contributed by atoms with E-state index in [9.17, 15) is 9.59 Å². The van der Waals surface area contributed by atoms with Crippen molar-refractivity contribution >= 4 is 23.1 Å². The molecule has 0 fully saturated rings. The van der Waals surface area contributed by atoms with Crippen LogP contribution in [0, 0.1) is 0 Å². The normalized spacial score (nSPS) is 11.6. The fourth-order valence-corrected chi connectivity index (χ4v) is 3.38. The maximum atomic E-state index is 12.5. The van der Waals surface area contributed by atoms with Crippen LogP contribution in [0.1, 0.15) is 47.8 Å². The van der Waals surface area contributed by atoms with Crippen molar-refractivity contribution in [2.45, 2.75) is 32.8 Å². The van der Waals surface area contributed by atoms with Gasteiger partial charge in [0.1, 0.15) is 24.2 Å². The third-order valence-electron chi connectivity index (χ3n) is 5.42. The van der Waals surface area contributed by atoms with E-state index >= 15 is 0 Å². The summed E-state index contributed by atoms with van der Waals surface area (Å²) < 4.78 is 11.3. The highest BCUT2D eigenvalue weighted by Gasteiger charge is 2.14. The summed E-state index contributed by atoms with van der Waals surface area (Å²) in [6.07, 6.45) is 2.99. The zero-order chi connectivity index (χ0) is 24.1. The number of hydrazone groups is 1. The van der Waals surface area contributed by atoms with E-state index in [0.717, 1.165) is 11.1 Å². The molecule has 6 heteroatoms. The quantitative estimate of drug-likeness (QED) is 0.311. The Morgan fingerprint density at radius 2 is 1.71 bits per heavy atom. The molecule has 0 aliphatic carbocycles. The SMILES string of the molecule is CC(C)(C)c1ccc(C(=O)N/N=C/c2ccc(OCc3coc4ccccc4c3=O)cc2)cc1. The average molecular weight is 455 g/mol. The number of nitrogens with one attached hydrogen (secondary N) is 1. The Morgan fingerprint density at radius 3 is 2.41 bits per heavy atom. The summed E-state index contributed by atoms with van der Waals surface area (Å²) in [6.45, 7) is 6.49. The number of hydrogen-bond acceptors (Lipinski definition) is 5. The number of carbonyl (C=O) groups is 1. The highest BCUT2D eigenvalue weighted by atomic mass is 16.5. The molecule has 1 N–H and O–H groups in total. The highest BCUT2D eigenvalue weighted by molar-refractivity contribution is 5.94. The number of ether oxygens (including phenoxy) is 1. The number of rotatable bonds is 6. The lowest BCUT2D eigenvalue weighted by Gasteiger charge is -2.18. The van der Waals surface area contributed by atoms with Crippen LogP contribution in [0.4, 0.5) is 0 Å². The monoisotopic (exact) mass is 454 g/mol. The third-order valence-corrected chi connectivity index (χ3v) is 5.42. The number of fused-ring (bicyclic) bond motifs is 1. The van der Waals surface area contributed by atoms with Crippen molar-refractivity contribution in [2.24, 2.45) is 5.10 Å². The lowest BCUT2D eigenvalue weighted by Crippen LogP contribution is -2.18. The van der Waals surface area contributed by atoms with Gasteiger partial charge in [-0.1, -0.05) is 45.0 Å². The molecule has 0 saturated heterocycles. The van der Waals surface area contributed by atoms with Gasteiger partial charge in [0.15, 0.2) is 5.43 Å². The molecule has 0 saturated carbocycles. The molecule has 172 valence electrons. The van der Waals surface area contributed by atoms with Gasteiger partial charge in [-0.05, 0) is 65.1 Å². The number of amides is 1. The van der Waals surface area contributed by atoms with Crippen molar-refractivity contribution < 1.29 is 13.9 Å². The predicted molar refractivity (Wildman–Crippen MR) is 133 cm³/mol. The first-order valence-corrected chi connectivity index (χ1v) is 11.0. The van der Waals surface area contributed by atoms with Gasteiger partial charge in [-0.25, -0.2) is 5.43 Å². The molecule has 0 bridgehead atoms. The molecular weight excluding hydrogens is 428 g/mol. The zero-order valence-electron chi connectivity index (χ0n) is 19.4. The summed E-state index contributed by atoms with van der Waals surface area (Å²) in [4.78, 5) is 24.8.